The molecule has 3 aromatic carbocycles. The van der Waals surface area contributed by atoms with E-state index < -0.39 is 23.7 Å². The van der Waals surface area contributed by atoms with Gasteiger partial charge < -0.3 is 24.1 Å². The van der Waals surface area contributed by atoms with E-state index in [1.54, 1.807) is 58.1 Å². The number of ketones is 2. The van der Waals surface area contributed by atoms with Crippen LogP contribution in [0.1, 0.15) is 52.0 Å². The molecule has 7 rings (SSSR count). The standard InChI is InChI=1S/C45H45N5O9/c1-49(23-36-37(57-3)20-28(21-38(36)58-4)35-24-50(2)45(56)34-22-46-17-15-30(34)35)25-40(52)47-16-5-6-18-59-29-10-7-26(8-11-29)27-9-12-31-33(19-27)43(54)41(42(31)53)32-13-14-39(51)48-44(32)55/h7-12,15,17,19-22,24,32,41H,5-6,13-14,16,18,23,25H2,1-4H3,(H,47,52)(H,48,51,55). The van der Waals surface area contributed by atoms with Crippen LogP contribution in [0, 0.1) is 11.8 Å². The van der Waals surface area contributed by atoms with Crippen LogP contribution in [0.3, 0.4) is 0 Å². The highest BCUT2D eigenvalue weighted by atomic mass is 16.5. The van der Waals surface area contributed by atoms with E-state index in [9.17, 15) is 28.8 Å². The van der Waals surface area contributed by atoms with Crippen molar-refractivity contribution in [1.29, 1.82) is 0 Å². The summed E-state index contributed by atoms with van der Waals surface area (Å²) in [6.07, 6.45) is 6.72. The molecule has 3 heterocycles. The lowest BCUT2D eigenvalue weighted by Gasteiger charge is -2.23. The molecule has 1 saturated heterocycles. The van der Waals surface area contributed by atoms with Gasteiger partial charge in [0.15, 0.2) is 11.6 Å². The number of carbonyl (C=O) groups is 5. The average molecular weight is 800 g/mol. The number of piperidine rings is 1. The zero-order chi connectivity index (χ0) is 41.8. The maximum absolute atomic E-state index is 13.3. The number of fused-ring (bicyclic) bond motifs is 2. The van der Waals surface area contributed by atoms with Crippen LogP contribution in [-0.2, 0) is 28.0 Å². The first-order valence-electron chi connectivity index (χ1n) is 19.4. The SMILES string of the molecule is COc1cc(-c2cn(C)c(=O)c3cnccc23)cc(OC)c1CN(C)CC(=O)NCCCCOc1ccc(-c2ccc3c(c2)C(=O)C(C2CCC(=O)NC2=O)C3=O)cc1. The van der Waals surface area contributed by atoms with Crippen molar-refractivity contribution >= 4 is 40.1 Å². The maximum Gasteiger partial charge on any atom is 0.259 e. The van der Waals surface area contributed by atoms with Crippen LogP contribution in [-0.4, -0.2) is 84.7 Å². The number of nitrogens with zero attached hydrogens (tertiary/aromatic N) is 3. The Balaban J connectivity index is 0.869. The highest BCUT2D eigenvalue weighted by molar-refractivity contribution is 6.28. The predicted molar refractivity (Wildman–Crippen MR) is 219 cm³/mol. The number of hydrogen-bond donors (Lipinski definition) is 2. The van der Waals surface area contributed by atoms with Gasteiger partial charge in [0.2, 0.25) is 17.7 Å². The number of unbranched alkanes of at least 4 members (excludes halogenated alkanes) is 1. The zero-order valence-electron chi connectivity index (χ0n) is 33.3. The zero-order valence-corrected chi connectivity index (χ0v) is 33.3. The van der Waals surface area contributed by atoms with Gasteiger partial charge >= 0.3 is 0 Å². The van der Waals surface area contributed by atoms with Crippen molar-refractivity contribution in [2.45, 2.75) is 32.2 Å². The lowest BCUT2D eigenvalue weighted by molar-refractivity contribution is -0.137. The monoisotopic (exact) mass is 799 g/mol. The maximum atomic E-state index is 13.3. The molecular formula is C45H45N5O9. The van der Waals surface area contributed by atoms with Crippen molar-refractivity contribution < 1.29 is 38.2 Å². The van der Waals surface area contributed by atoms with Gasteiger partial charge in [-0.05, 0) is 84.8 Å². The molecule has 2 unspecified atom stereocenters. The number of pyridine rings is 2. The van der Waals surface area contributed by atoms with Crippen molar-refractivity contribution in [2.24, 2.45) is 18.9 Å². The molecule has 2 atom stereocenters. The minimum absolute atomic E-state index is 0.101. The third-order valence-electron chi connectivity index (χ3n) is 10.9. The number of imide groups is 1. The number of nitrogens with one attached hydrogen (secondary N) is 2. The molecule has 0 spiro atoms. The number of rotatable bonds is 15. The molecule has 59 heavy (non-hydrogen) atoms. The Kier molecular flexibility index (Phi) is 12.0. The minimum atomic E-state index is -1.11. The lowest BCUT2D eigenvalue weighted by atomic mass is 9.82. The van der Waals surface area contributed by atoms with Gasteiger partial charge in [0.05, 0.1) is 50.2 Å². The molecule has 5 aromatic rings. The van der Waals surface area contributed by atoms with Crippen molar-refractivity contribution in [3.8, 4) is 39.5 Å². The largest absolute Gasteiger partial charge is 0.496 e. The summed E-state index contributed by atoms with van der Waals surface area (Å²) >= 11 is 0. The summed E-state index contributed by atoms with van der Waals surface area (Å²) in [5.74, 6) is -1.95. The number of carbonyl (C=O) groups excluding carboxylic acids is 5. The van der Waals surface area contributed by atoms with Gasteiger partial charge in [-0.2, -0.15) is 0 Å². The Labute approximate surface area is 340 Å². The molecule has 0 radical (unpaired) electrons. The van der Waals surface area contributed by atoms with E-state index in [4.69, 9.17) is 14.2 Å². The fraction of sp³-hybridized carbons (Fsp3) is 0.311. The second-order valence-electron chi connectivity index (χ2n) is 14.9. The first kappa shape index (κ1) is 40.5. The number of amides is 3. The number of methoxy groups -OCH3 is 2. The van der Waals surface area contributed by atoms with Gasteiger partial charge in [0, 0.05) is 61.8 Å². The highest BCUT2D eigenvalue weighted by Crippen LogP contribution is 2.39. The lowest BCUT2D eigenvalue weighted by Crippen LogP contribution is -2.46. The van der Waals surface area contributed by atoms with E-state index in [1.165, 1.54) is 4.57 Å². The predicted octanol–water partition coefficient (Wildman–Crippen LogP) is 4.74. The van der Waals surface area contributed by atoms with Gasteiger partial charge in [-0.3, -0.25) is 44.0 Å². The quantitative estimate of drug-likeness (QED) is 0.0851. The Bertz CT molecular complexity index is 2510. The summed E-state index contributed by atoms with van der Waals surface area (Å²) in [6.45, 7) is 1.49. The van der Waals surface area contributed by atoms with E-state index >= 15 is 0 Å². The first-order chi connectivity index (χ1) is 28.5. The summed E-state index contributed by atoms with van der Waals surface area (Å²) < 4.78 is 19.0. The topological polar surface area (TPSA) is 175 Å². The fourth-order valence-corrected chi connectivity index (χ4v) is 7.84. The van der Waals surface area contributed by atoms with Crippen LogP contribution in [0.25, 0.3) is 33.0 Å². The smallest absolute Gasteiger partial charge is 0.259 e. The molecule has 14 heteroatoms. The third-order valence-corrected chi connectivity index (χ3v) is 10.9. The van der Waals surface area contributed by atoms with Crippen LogP contribution in [0.2, 0.25) is 0 Å². The number of aryl methyl sites for hydroxylation is 1. The molecule has 3 amide bonds. The Morgan fingerprint density at radius 2 is 1.58 bits per heavy atom. The second kappa shape index (κ2) is 17.4. The number of aromatic nitrogens is 2. The summed E-state index contributed by atoms with van der Waals surface area (Å²) in [6, 6.07) is 18.1. The van der Waals surface area contributed by atoms with E-state index in [0.29, 0.717) is 59.9 Å². The van der Waals surface area contributed by atoms with Crippen LogP contribution < -0.4 is 30.4 Å². The van der Waals surface area contributed by atoms with E-state index in [0.717, 1.165) is 39.6 Å². The minimum Gasteiger partial charge on any atom is -0.496 e. The third kappa shape index (κ3) is 8.49. The molecule has 0 bridgehead atoms. The van der Waals surface area contributed by atoms with Gasteiger partial charge in [-0.1, -0.05) is 24.3 Å². The number of hydrogen-bond acceptors (Lipinski definition) is 11. The molecule has 2 aliphatic rings. The number of Topliss-reactive ketones (excluding diaryl/α,β-unsaturated/α-hetero) is 2. The molecule has 0 saturated carbocycles. The molecule has 1 aliphatic carbocycles. The van der Waals surface area contributed by atoms with Crippen LogP contribution in [0.5, 0.6) is 17.2 Å². The van der Waals surface area contributed by atoms with Gasteiger partial charge in [0.25, 0.3) is 5.56 Å². The molecular weight excluding hydrogens is 755 g/mol. The van der Waals surface area contributed by atoms with Crippen molar-refractivity contribution in [3.05, 3.63) is 106 Å². The van der Waals surface area contributed by atoms with E-state index in [2.05, 4.69) is 15.6 Å². The van der Waals surface area contributed by atoms with Crippen LogP contribution >= 0.6 is 0 Å². The fourth-order valence-electron chi connectivity index (χ4n) is 7.84. The van der Waals surface area contributed by atoms with E-state index in [1.807, 2.05) is 54.4 Å². The summed E-state index contributed by atoms with van der Waals surface area (Å²) in [7, 11) is 6.73. The molecule has 2 N–H and O–H groups in total. The summed E-state index contributed by atoms with van der Waals surface area (Å²) in [5.41, 5.74) is 4.47. The Hall–Kier alpha value is -6.67. The number of likely N-dealkylation sites (N-methyl/N-ethyl adjacent to an activating group) is 1. The first-order valence-corrected chi connectivity index (χ1v) is 19.4. The van der Waals surface area contributed by atoms with Crippen molar-refractivity contribution in [2.75, 3.05) is 41.0 Å². The Morgan fingerprint density at radius 3 is 2.29 bits per heavy atom. The van der Waals surface area contributed by atoms with Crippen molar-refractivity contribution in [1.82, 2.24) is 25.1 Å². The molecule has 1 fully saturated rings. The molecule has 304 valence electrons. The normalized spacial score (nSPS) is 16.3. The summed E-state index contributed by atoms with van der Waals surface area (Å²) in [4.78, 5) is 82.0. The molecule has 2 aromatic heterocycles. The Morgan fingerprint density at radius 1 is 0.864 bits per heavy atom. The van der Waals surface area contributed by atoms with Gasteiger partial charge in [-0.25, -0.2) is 0 Å². The van der Waals surface area contributed by atoms with Crippen LogP contribution in [0.15, 0.2) is 84.0 Å². The van der Waals surface area contributed by atoms with Gasteiger partial charge in [0.1, 0.15) is 17.2 Å². The van der Waals surface area contributed by atoms with Crippen molar-refractivity contribution in [3.63, 3.8) is 0 Å². The average Bonchev–Trinajstić information content (AvgIpc) is 3.48. The second-order valence-corrected chi connectivity index (χ2v) is 14.9. The molecule has 14 nitrogen and oxygen atoms in total. The van der Waals surface area contributed by atoms with Crippen LogP contribution in [0.4, 0.5) is 0 Å². The molecule has 1 aliphatic heterocycles. The highest BCUT2D eigenvalue weighted by Gasteiger charge is 2.47. The van der Waals surface area contributed by atoms with E-state index in [-0.39, 0.29) is 42.4 Å². The number of ether oxygens (including phenoxy) is 3. The number of benzene rings is 3. The van der Waals surface area contributed by atoms with Gasteiger partial charge in [-0.15, -0.1) is 0 Å². The summed E-state index contributed by atoms with van der Waals surface area (Å²) in [5, 5.41) is 6.51.